The first-order valence-corrected chi connectivity index (χ1v) is 6.91. The number of hydrogen-bond acceptors (Lipinski definition) is 4. The monoisotopic (exact) mass is 251 g/mol. The topological polar surface area (TPSA) is 30.0 Å². The molecular formula is C12H13NOS2. The molecule has 0 unspecified atom stereocenters. The van der Waals surface area contributed by atoms with Crippen molar-refractivity contribution in [3.8, 4) is 0 Å². The van der Waals surface area contributed by atoms with E-state index in [9.17, 15) is 4.79 Å². The molecule has 84 valence electrons. The van der Waals surface area contributed by atoms with Gasteiger partial charge < -0.3 is 0 Å². The lowest BCUT2D eigenvalue weighted by Gasteiger charge is -1.93. The number of aromatic nitrogens is 1. The Kier molecular flexibility index (Phi) is 3.51. The van der Waals surface area contributed by atoms with Gasteiger partial charge >= 0.3 is 0 Å². The summed E-state index contributed by atoms with van der Waals surface area (Å²) in [6.07, 6.45) is 1.52. The maximum Gasteiger partial charge on any atom is 0.187 e. The van der Waals surface area contributed by atoms with Crippen molar-refractivity contribution in [3.05, 3.63) is 38.0 Å². The zero-order chi connectivity index (χ0) is 11.5. The summed E-state index contributed by atoms with van der Waals surface area (Å²) >= 11 is 3.24. The number of hydrogen-bond donors (Lipinski definition) is 0. The standard InChI is InChI=1S/C12H13NOS2/c1-3-9-4-5-10(16-9)6-12(14)11-7-15-8(2)13-11/h4-5,7H,3,6H2,1-2H3. The van der Waals surface area contributed by atoms with Gasteiger partial charge in [-0.2, -0.15) is 0 Å². The van der Waals surface area contributed by atoms with Crippen molar-refractivity contribution in [1.29, 1.82) is 0 Å². The molecule has 0 aromatic carbocycles. The van der Waals surface area contributed by atoms with Crippen LogP contribution in [-0.4, -0.2) is 10.8 Å². The fourth-order valence-electron chi connectivity index (χ4n) is 1.45. The minimum Gasteiger partial charge on any atom is -0.292 e. The van der Waals surface area contributed by atoms with E-state index in [1.54, 1.807) is 11.3 Å². The van der Waals surface area contributed by atoms with E-state index in [0.29, 0.717) is 12.1 Å². The van der Waals surface area contributed by atoms with E-state index in [-0.39, 0.29) is 5.78 Å². The Hall–Kier alpha value is -1.00. The molecule has 2 aromatic rings. The Labute approximate surface area is 103 Å². The van der Waals surface area contributed by atoms with Crippen LogP contribution in [0.2, 0.25) is 0 Å². The second-order valence-electron chi connectivity index (χ2n) is 3.57. The molecule has 16 heavy (non-hydrogen) atoms. The van der Waals surface area contributed by atoms with Gasteiger partial charge in [-0.05, 0) is 25.5 Å². The predicted octanol–water partition coefficient (Wildman–Crippen LogP) is 3.50. The molecule has 0 amide bonds. The summed E-state index contributed by atoms with van der Waals surface area (Å²) < 4.78 is 0. The maximum atomic E-state index is 11.9. The molecule has 0 radical (unpaired) electrons. The number of carbonyl (C=O) groups is 1. The molecule has 0 N–H and O–H groups in total. The second-order valence-corrected chi connectivity index (χ2v) is 5.89. The smallest absolute Gasteiger partial charge is 0.187 e. The number of Topliss-reactive ketones (excluding diaryl/α,β-unsaturated/α-hetero) is 1. The summed E-state index contributed by atoms with van der Waals surface area (Å²) in [6, 6.07) is 4.14. The van der Waals surface area contributed by atoms with Gasteiger partial charge in [0.05, 0.1) is 5.01 Å². The number of aryl methyl sites for hydroxylation is 2. The quantitative estimate of drug-likeness (QED) is 0.778. The van der Waals surface area contributed by atoms with Crippen LogP contribution in [0.4, 0.5) is 0 Å². The van der Waals surface area contributed by atoms with Crippen LogP contribution in [0.3, 0.4) is 0 Å². The molecule has 0 saturated heterocycles. The Bertz CT molecular complexity index is 499. The molecule has 2 rings (SSSR count). The molecule has 0 spiro atoms. The lowest BCUT2D eigenvalue weighted by Crippen LogP contribution is -2.02. The van der Waals surface area contributed by atoms with E-state index in [4.69, 9.17) is 0 Å². The average Bonchev–Trinajstić information content (AvgIpc) is 2.87. The molecule has 0 aliphatic heterocycles. The summed E-state index contributed by atoms with van der Waals surface area (Å²) in [7, 11) is 0. The lowest BCUT2D eigenvalue weighted by molar-refractivity contribution is 0.0989. The number of thiazole rings is 1. The molecule has 0 saturated carbocycles. The summed E-state index contributed by atoms with van der Waals surface area (Å²) in [5, 5.41) is 2.79. The highest BCUT2D eigenvalue weighted by molar-refractivity contribution is 7.12. The summed E-state index contributed by atoms with van der Waals surface area (Å²) in [5.74, 6) is 0.119. The Morgan fingerprint density at radius 2 is 2.12 bits per heavy atom. The van der Waals surface area contributed by atoms with Gasteiger partial charge in [0.1, 0.15) is 5.69 Å². The first kappa shape index (κ1) is 11.5. The van der Waals surface area contributed by atoms with E-state index < -0.39 is 0 Å². The van der Waals surface area contributed by atoms with Gasteiger partial charge in [-0.1, -0.05) is 6.92 Å². The van der Waals surface area contributed by atoms with Crippen LogP contribution in [0.5, 0.6) is 0 Å². The molecule has 2 aromatic heterocycles. The van der Waals surface area contributed by atoms with Crippen molar-refractivity contribution < 1.29 is 4.79 Å². The van der Waals surface area contributed by atoms with Crippen molar-refractivity contribution in [1.82, 2.24) is 4.98 Å². The highest BCUT2D eigenvalue weighted by Crippen LogP contribution is 2.19. The first-order valence-electron chi connectivity index (χ1n) is 5.22. The number of rotatable bonds is 4. The van der Waals surface area contributed by atoms with E-state index in [1.807, 2.05) is 18.4 Å². The number of carbonyl (C=O) groups excluding carboxylic acids is 1. The fourth-order valence-corrected chi connectivity index (χ4v) is 3.02. The van der Waals surface area contributed by atoms with Crippen LogP contribution in [0.1, 0.15) is 32.2 Å². The molecule has 0 aliphatic rings. The van der Waals surface area contributed by atoms with E-state index in [2.05, 4.69) is 18.0 Å². The van der Waals surface area contributed by atoms with Gasteiger partial charge in [-0.25, -0.2) is 4.98 Å². The highest BCUT2D eigenvalue weighted by atomic mass is 32.1. The Morgan fingerprint density at radius 1 is 1.38 bits per heavy atom. The first-order chi connectivity index (χ1) is 7.69. The average molecular weight is 251 g/mol. The third-order valence-electron chi connectivity index (χ3n) is 2.31. The maximum absolute atomic E-state index is 11.9. The number of nitrogens with zero attached hydrogens (tertiary/aromatic N) is 1. The van der Waals surface area contributed by atoms with Gasteiger partial charge in [0.25, 0.3) is 0 Å². The summed E-state index contributed by atoms with van der Waals surface area (Å²) in [6.45, 7) is 4.04. The molecule has 4 heteroatoms. The van der Waals surface area contributed by atoms with Crippen LogP contribution >= 0.6 is 22.7 Å². The van der Waals surface area contributed by atoms with Crippen molar-refractivity contribution in [2.45, 2.75) is 26.7 Å². The van der Waals surface area contributed by atoms with Crippen molar-refractivity contribution in [2.24, 2.45) is 0 Å². The third-order valence-corrected chi connectivity index (χ3v) is 4.31. The fraction of sp³-hybridized carbons (Fsp3) is 0.333. The lowest BCUT2D eigenvalue weighted by atomic mass is 10.2. The molecular weight excluding hydrogens is 238 g/mol. The Morgan fingerprint density at radius 3 is 2.69 bits per heavy atom. The summed E-state index contributed by atoms with van der Waals surface area (Å²) in [5.41, 5.74) is 0.606. The molecule has 2 nitrogen and oxygen atoms in total. The molecule has 0 fully saturated rings. The van der Waals surface area contributed by atoms with Crippen molar-refractivity contribution >= 4 is 28.5 Å². The Balaban J connectivity index is 2.07. The van der Waals surface area contributed by atoms with Crippen molar-refractivity contribution in [2.75, 3.05) is 0 Å². The van der Waals surface area contributed by atoms with Crippen molar-refractivity contribution in [3.63, 3.8) is 0 Å². The molecule has 0 atom stereocenters. The van der Waals surface area contributed by atoms with Gasteiger partial charge in [0.15, 0.2) is 5.78 Å². The van der Waals surface area contributed by atoms with E-state index >= 15 is 0 Å². The minimum absolute atomic E-state index is 0.119. The zero-order valence-corrected chi connectivity index (χ0v) is 11.0. The van der Waals surface area contributed by atoms with E-state index in [1.165, 1.54) is 16.2 Å². The van der Waals surface area contributed by atoms with Gasteiger partial charge in [0, 0.05) is 21.6 Å². The zero-order valence-electron chi connectivity index (χ0n) is 9.32. The van der Waals surface area contributed by atoms with Gasteiger partial charge in [0.2, 0.25) is 0 Å². The van der Waals surface area contributed by atoms with Gasteiger partial charge in [-0.15, -0.1) is 22.7 Å². The molecule has 0 bridgehead atoms. The normalized spacial score (nSPS) is 10.6. The predicted molar refractivity (Wildman–Crippen MR) is 68.6 cm³/mol. The van der Waals surface area contributed by atoms with Crippen LogP contribution in [0, 0.1) is 6.92 Å². The number of thiophene rings is 1. The van der Waals surface area contributed by atoms with E-state index in [0.717, 1.165) is 16.3 Å². The van der Waals surface area contributed by atoms with Gasteiger partial charge in [-0.3, -0.25) is 4.79 Å². The minimum atomic E-state index is 0.119. The second kappa shape index (κ2) is 4.89. The third kappa shape index (κ3) is 2.57. The highest BCUT2D eigenvalue weighted by Gasteiger charge is 2.11. The summed E-state index contributed by atoms with van der Waals surface area (Å²) in [4.78, 5) is 18.5. The van der Waals surface area contributed by atoms with Crippen LogP contribution in [0.25, 0.3) is 0 Å². The SMILES string of the molecule is CCc1ccc(CC(=O)c2csc(C)n2)s1. The largest absolute Gasteiger partial charge is 0.292 e. The molecule has 2 heterocycles. The molecule has 0 aliphatic carbocycles. The van der Waals surface area contributed by atoms with Crippen LogP contribution in [0.15, 0.2) is 17.5 Å². The van der Waals surface area contributed by atoms with Crippen LogP contribution in [-0.2, 0) is 12.8 Å². The van der Waals surface area contributed by atoms with Crippen LogP contribution < -0.4 is 0 Å². The number of ketones is 1.